The first kappa shape index (κ1) is 13.4. The van der Waals surface area contributed by atoms with E-state index in [9.17, 15) is 0 Å². The summed E-state index contributed by atoms with van der Waals surface area (Å²) in [5.74, 6) is 0.744. The van der Waals surface area contributed by atoms with Gasteiger partial charge in [0, 0.05) is 12.1 Å². The Labute approximate surface area is 107 Å². The standard InChI is InChI=1S/C15H30N2/c1-4-17(12(2)15(3)9-10-15)14-8-6-5-7-13(14)11-16/h12-14H,4-11,16H2,1-3H3. The van der Waals surface area contributed by atoms with Gasteiger partial charge in [-0.1, -0.05) is 26.7 Å². The van der Waals surface area contributed by atoms with Gasteiger partial charge in [-0.25, -0.2) is 0 Å². The van der Waals surface area contributed by atoms with Crippen molar-refractivity contribution in [1.82, 2.24) is 4.90 Å². The Kier molecular flexibility index (Phi) is 4.14. The van der Waals surface area contributed by atoms with Crippen molar-refractivity contribution in [2.45, 2.75) is 71.4 Å². The normalized spacial score (nSPS) is 33.7. The fourth-order valence-corrected chi connectivity index (χ4v) is 3.71. The minimum atomic E-state index is 0.604. The second kappa shape index (κ2) is 5.27. The van der Waals surface area contributed by atoms with Crippen LogP contribution in [0.15, 0.2) is 0 Å². The molecule has 0 aromatic rings. The van der Waals surface area contributed by atoms with E-state index in [-0.39, 0.29) is 0 Å². The Hall–Kier alpha value is -0.0800. The molecule has 2 fully saturated rings. The van der Waals surface area contributed by atoms with Crippen LogP contribution in [-0.4, -0.2) is 30.1 Å². The highest BCUT2D eigenvalue weighted by molar-refractivity contribution is 5.00. The lowest BCUT2D eigenvalue weighted by atomic mass is 9.82. The monoisotopic (exact) mass is 238 g/mol. The molecule has 2 aliphatic rings. The Morgan fingerprint density at radius 2 is 1.94 bits per heavy atom. The lowest BCUT2D eigenvalue weighted by molar-refractivity contribution is 0.0486. The Morgan fingerprint density at radius 1 is 1.29 bits per heavy atom. The minimum absolute atomic E-state index is 0.604. The van der Waals surface area contributed by atoms with Crippen LogP contribution in [0.2, 0.25) is 0 Å². The SMILES string of the molecule is CCN(C1CCCCC1CN)C(C)C1(C)CC1. The van der Waals surface area contributed by atoms with Gasteiger partial charge in [0.25, 0.3) is 0 Å². The van der Waals surface area contributed by atoms with Crippen molar-refractivity contribution in [3.05, 3.63) is 0 Å². The maximum Gasteiger partial charge on any atom is 0.0138 e. The zero-order chi connectivity index (χ0) is 12.5. The van der Waals surface area contributed by atoms with Gasteiger partial charge in [0.1, 0.15) is 0 Å². The van der Waals surface area contributed by atoms with Crippen molar-refractivity contribution in [3.63, 3.8) is 0 Å². The molecule has 2 aliphatic carbocycles. The summed E-state index contributed by atoms with van der Waals surface area (Å²) >= 11 is 0. The number of rotatable bonds is 5. The van der Waals surface area contributed by atoms with Crippen molar-refractivity contribution in [2.24, 2.45) is 17.1 Å². The second-order valence-corrected chi connectivity index (χ2v) is 6.51. The molecule has 3 unspecified atom stereocenters. The molecular weight excluding hydrogens is 208 g/mol. The van der Waals surface area contributed by atoms with Crippen molar-refractivity contribution in [1.29, 1.82) is 0 Å². The van der Waals surface area contributed by atoms with Crippen LogP contribution in [-0.2, 0) is 0 Å². The summed E-state index contributed by atoms with van der Waals surface area (Å²) in [6, 6.07) is 1.50. The highest BCUT2D eigenvalue weighted by atomic mass is 15.2. The van der Waals surface area contributed by atoms with E-state index >= 15 is 0 Å². The van der Waals surface area contributed by atoms with E-state index in [0.717, 1.165) is 24.5 Å². The Morgan fingerprint density at radius 3 is 2.47 bits per heavy atom. The number of hydrogen-bond donors (Lipinski definition) is 1. The zero-order valence-electron chi connectivity index (χ0n) is 11.9. The van der Waals surface area contributed by atoms with Crippen LogP contribution in [0.3, 0.4) is 0 Å². The van der Waals surface area contributed by atoms with Crippen LogP contribution >= 0.6 is 0 Å². The molecule has 17 heavy (non-hydrogen) atoms. The first-order chi connectivity index (χ1) is 8.12. The largest absolute Gasteiger partial charge is 0.330 e. The van der Waals surface area contributed by atoms with E-state index in [0.29, 0.717) is 5.41 Å². The topological polar surface area (TPSA) is 29.3 Å². The van der Waals surface area contributed by atoms with E-state index in [2.05, 4.69) is 25.7 Å². The van der Waals surface area contributed by atoms with Gasteiger partial charge in [0.2, 0.25) is 0 Å². The quantitative estimate of drug-likeness (QED) is 0.798. The highest BCUT2D eigenvalue weighted by Gasteiger charge is 2.46. The van der Waals surface area contributed by atoms with Crippen molar-refractivity contribution < 1.29 is 0 Å². The van der Waals surface area contributed by atoms with Crippen molar-refractivity contribution in [2.75, 3.05) is 13.1 Å². The first-order valence-electron chi connectivity index (χ1n) is 7.58. The molecule has 2 rings (SSSR count). The maximum absolute atomic E-state index is 5.98. The molecule has 0 aromatic heterocycles. The number of hydrogen-bond acceptors (Lipinski definition) is 2. The van der Waals surface area contributed by atoms with E-state index in [4.69, 9.17) is 5.73 Å². The summed E-state index contributed by atoms with van der Waals surface area (Å²) in [6.45, 7) is 9.30. The van der Waals surface area contributed by atoms with E-state index in [1.54, 1.807) is 0 Å². The van der Waals surface area contributed by atoms with Gasteiger partial charge in [-0.2, -0.15) is 0 Å². The Balaban J connectivity index is 2.05. The van der Waals surface area contributed by atoms with Crippen LogP contribution in [0, 0.1) is 11.3 Å². The molecule has 0 aliphatic heterocycles. The number of nitrogens with zero attached hydrogens (tertiary/aromatic N) is 1. The molecule has 0 radical (unpaired) electrons. The summed E-state index contributed by atoms with van der Waals surface area (Å²) < 4.78 is 0. The third-order valence-electron chi connectivity index (χ3n) is 5.51. The van der Waals surface area contributed by atoms with Crippen LogP contribution in [0.4, 0.5) is 0 Å². The molecule has 0 bridgehead atoms. The van der Waals surface area contributed by atoms with Gasteiger partial charge >= 0.3 is 0 Å². The maximum atomic E-state index is 5.98. The second-order valence-electron chi connectivity index (χ2n) is 6.51. The summed E-state index contributed by atoms with van der Waals surface area (Å²) in [5.41, 5.74) is 6.59. The zero-order valence-corrected chi connectivity index (χ0v) is 11.9. The average molecular weight is 238 g/mol. The van der Waals surface area contributed by atoms with Gasteiger partial charge in [-0.3, -0.25) is 4.90 Å². The van der Waals surface area contributed by atoms with Crippen molar-refractivity contribution in [3.8, 4) is 0 Å². The lowest BCUT2D eigenvalue weighted by Crippen LogP contribution is -2.51. The molecule has 0 saturated heterocycles. The van der Waals surface area contributed by atoms with Gasteiger partial charge < -0.3 is 5.73 Å². The van der Waals surface area contributed by atoms with Crippen LogP contribution < -0.4 is 5.73 Å². The predicted molar refractivity (Wildman–Crippen MR) is 74.0 cm³/mol. The minimum Gasteiger partial charge on any atom is -0.330 e. The van der Waals surface area contributed by atoms with Crippen molar-refractivity contribution >= 4 is 0 Å². The molecule has 0 amide bonds. The van der Waals surface area contributed by atoms with Gasteiger partial charge in [0.05, 0.1) is 0 Å². The van der Waals surface area contributed by atoms with Gasteiger partial charge in [0.15, 0.2) is 0 Å². The van der Waals surface area contributed by atoms with Crippen LogP contribution in [0.1, 0.15) is 59.3 Å². The first-order valence-corrected chi connectivity index (χ1v) is 7.58. The van der Waals surface area contributed by atoms with E-state index in [1.165, 1.54) is 45.1 Å². The fourth-order valence-electron chi connectivity index (χ4n) is 3.71. The molecule has 2 N–H and O–H groups in total. The van der Waals surface area contributed by atoms with Gasteiger partial charge in [-0.05, 0) is 57.0 Å². The summed E-state index contributed by atoms with van der Waals surface area (Å²) in [4.78, 5) is 2.77. The third kappa shape index (κ3) is 2.68. The van der Waals surface area contributed by atoms with E-state index in [1.807, 2.05) is 0 Å². The summed E-state index contributed by atoms with van der Waals surface area (Å²) in [6.07, 6.45) is 8.36. The summed E-state index contributed by atoms with van der Waals surface area (Å²) in [7, 11) is 0. The smallest absolute Gasteiger partial charge is 0.0138 e. The highest BCUT2D eigenvalue weighted by Crippen LogP contribution is 2.50. The molecule has 3 atom stereocenters. The lowest BCUT2D eigenvalue weighted by Gasteiger charge is -2.44. The van der Waals surface area contributed by atoms with E-state index < -0.39 is 0 Å². The molecule has 100 valence electrons. The molecule has 0 spiro atoms. The molecule has 2 saturated carbocycles. The molecule has 2 heteroatoms. The molecule has 0 heterocycles. The van der Waals surface area contributed by atoms with Gasteiger partial charge in [-0.15, -0.1) is 0 Å². The predicted octanol–water partition coefficient (Wildman–Crippen LogP) is 3.01. The molecule has 0 aromatic carbocycles. The average Bonchev–Trinajstić information content (AvgIpc) is 3.10. The van der Waals surface area contributed by atoms with Crippen LogP contribution in [0.25, 0.3) is 0 Å². The fraction of sp³-hybridized carbons (Fsp3) is 1.00. The number of nitrogens with two attached hydrogens (primary N) is 1. The van der Waals surface area contributed by atoms with Crippen LogP contribution in [0.5, 0.6) is 0 Å². The molecular formula is C15H30N2. The third-order valence-corrected chi connectivity index (χ3v) is 5.51. The Bertz CT molecular complexity index is 247. The molecule has 2 nitrogen and oxygen atoms in total. The summed E-state index contributed by atoms with van der Waals surface area (Å²) in [5, 5.41) is 0.